The fraction of sp³-hybridized carbons (Fsp3) is 0.294. The van der Waals surface area contributed by atoms with Crippen molar-refractivity contribution in [3.8, 4) is 11.5 Å². The summed E-state index contributed by atoms with van der Waals surface area (Å²) in [5.41, 5.74) is 4.58. The topological polar surface area (TPSA) is 30.5 Å². The molecule has 0 aliphatic heterocycles. The Morgan fingerprint density at radius 3 is 2.25 bits per heavy atom. The minimum atomic E-state index is 0.733. The van der Waals surface area contributed by atoms with Gasteiger partial charge in [-0.2, -0.15) is 0 Å². The van der Waals surface area contributed by atoms with E-state index in [1.165, 1.54) is 5.56 Å². The van der Waals surface area contributed by atoms with E-state index < -0.39 is 0 Å². The molecule has 0 fully saturated rings. The van der Waals surface area contributed by atoms with Crippen LogP contribution in [0.5, 0.6) is 11.5 Å². The third-order valence-electron chi connectivity index (χ3n) is 3.31. The van der Waals surface area contributed by atoms with Gasteiger partial charge in [0.25, 0.3) is 0 Å². The van der Waals surface area contributed by atoms with Crippen LogP contribution < -0.4 is 14.8 Å². The molecule has 0 heterocycles. The summed E-state index contributed by atoms with van der Waals surface area (Å²) in [4.78, 5) is 0. The van der Waals surface area contributed by atoms with Gasteiger partial charge in [0.1, 0.15) is 11.5 Å². The van der Waals surface area contributed by atoms with Gasteiger partial charge in [-0.25, -0.2) is 0 Å². The summed E-state index contributed by atoms with van der Waals surface area (Å²) < 4.78 is 10.7. The van der Waals surface area contributed by atoms with Crippen LogP contribution in [0.3, 0.4) is 0 Å². The molecular weight excluding hydrogens is 250 g/mol. The van der Waals surface area contributed by atoms with E-state index in [1.54, 1.807) is 14.2 Å². The van der Waals surface area contributed by atoms with E-state index in [4.69, 9.17) is 9.47 Å². The highest BCUT2D eigenvalue weighted by Crippen LogP contribution is 2.24. The summed E-state index contributed by atoms with van der Waals surface area (Å²) >= 11 is 0. The molecular formula is C17H21NO2. The van der Waals surface area contributed by atoms with Gasteiger partial charge in [-0.1, -0.05) is 17.7 Å². The highest BCUT2D eigenvalue weighted by atomic mass is 16.5. The maximum absolute atomic E-state index is 5.39. The molecule has 0 bridgehead atoms. The number of rotatable bonds is 5. The average molecular weight is 271 g/mol. The second kappa shape index (κ2) is 6.33. The van der Waals surface area contributed by atoms with Crippen molar-refractivity contribution in [1.82, 2.24) is 0 Å². The molecule has 106 valence electrons. The normalized spacial score (nSPS) is 10.2. The number of hydrogen-bond acceptors (Lipinski definition) is 3. The zero-order chi connectivity index (χ0) is 14.5. The number of nitrogens with one attached hydrogen (secondary N) is 1. The SMILES string of the molecule is COc1ccc(NCc2cc(C)ccc2OC)cc1C. The van der Waals surface area contributed by atoms with Gasteiger partial charge >= 0.3 is 0 Å². The third-order valence-corrected chi connectivity index (χ3v) is 3.31. The number of hydrogen-bond donors (Lipinski definition) is 1. The zero-order valence-electron chi connectivity index (χ0n) is 12.5. The predicted molar refractivity (Wildman–Crippen MR) is 82.8 cm³/mol. The highest BCUT2D eigenvalue weighted by Gasteiger charge is 2.04. The van der Waals surface area contributed by atoms with Crippen molar-refractivity contribution in [2.24, 2.45) is 0 Å². The molecule has 0 radical (unpaired) electrons. The molecule has 2 rings (SSSR count). The maximum Gasteiger partial charge on any atom is 0.123 e. The zero-order valence-corrected chi connectivity index (χ0v) is 12.5. The first-order valence-corrected chi connectivity index (χ1v) is 6.66. The molecule has 1 N–H and O–H groups in total. The number of ether oxygens (including phenoxy) is 2. The largest absolute Gasteiger partial charge is 0.496 e. The lowest BCUT2D eigenvalue weighted by atomic mass is 10.1. The fourth-order valence-corrected chi connectivity index (χ4v) is 2.23. The summed E-state index contributed by atoms with van der Waals surface area (Å²) in [7, 11) is 3.39. The first kappa shape index (κ1) is 14.3. The van der Waals surface area contributed by atoms with Gasteiger partial charge in [0.15, 0.2) is 0 Å². The second-order valence-corrected chi connectivity index (χ2v) is 4.85. The molecule has 0 aromatic heterocycles. The van der Waals surface area contributed by atoms with Crippen LogP contribution in [0.2, 0.25) is 0 Å². The van der Waals surface area contributed by atoms with Crippen LogP contribution in [0.25, 0.3) is 0 Å². The van der Waals surface area contributed by atoms with Gasteiger partial charge in [-0.15, -0.1) is 0 Å². The van der Waals surface area contributed by atoms with Gasteiger partial charge in [0.05, 0.1) is 14.2 Å². The quantitative estimate of drug-likeness (QED) is 0.893. The van der Waals surface area contributed by atoms with Gasteiger partial charge in [0.2, 0.25) is 0 Å². The Morgan fingerprint density at radius 2 is 1.60 bits per heavy atom. The molecule has 3 nitrogen and oxygen atoms in total. The smallest absolute Gasteiger partial charge is 0.123 e. The Hall–Kier alpha value is -2.16. The van der Waals surface area contributed by atoms with Gasteiger partial charge in [-0.3, -0.25) is 0 Å². The van der Waals surface area contributed by atoms with Crippen LogP contribution >= 0.6 is 0 Å². The molecule has 2 aromatic carbocycles. The van der Waals surface area contributed by atoms with E-state index >= 15 is 0 Å². The number of methoxy groups -OCH3 is 2. The van der Waals surface area contributed by atoms with Crippen LogP contribution in [0, 0.1) is 13.8 Å². The van der Waals surface area contributed by atoms with Crippen LogP contribution in [-0.4, -0.2) is 14.2 Å². The third kappa shape index (κ3) is 3.23. The standard InChI is InChI=1S/C17H21NO2/c1-12-5-7-17(20-4)14(9-12)11-18-15-6-8-16(19-3)13(2)10-15/h5-10,18H,11H2,1-4H3. The van der Waals surface area contributed by atoms with E-state index in [9.17, 15) is 0 Å². The number of aryl methyl sites for hydroxylation is 2. The van der Waals surface area contributed by atoms with E-state index in [2.05, 4.69) is 30.4 Å². The summed E-state index contributed by atoms with van der Waals surface area (Å²) in [6.07, 6.45) is 0. The Bertz CT molecular complexity index is 594. The molecule has 20 heavy (non-hydrogen) atoms. The van der Waals surface area contributed by atoms with Crippen molar-refractivity contribution in [2.75, 3.05) is 19.5 Å². The van der Waals surface area contributed by atoms with Gasteiger partial charge in [0, 0.05) is 17.8 Å². The lowest BCUT2D eigenvalue weighted by Crippen LogP contribution is -2.02. The molecule has 0 unspecified atom stereocenters. The van der Waals surface area contributed by atoms with Crippen molar-refractivity contribution >= 4 is 5.69 Å². The van der Waals surface area contributed by atoms with Crippen molar-refractivity contribution in [1.29, 1.82) is 0 Å². The molecule has 0 saturated heterocycles. The van der Waals surface area contributed by atoms with Crippen molar-refractivity contribution in [3.05, 3.63) is 53.1 Å². The summed E-state index contributed by atoms with van der Waals surface area (Å²) in [6.45, 7) is 4.86. The summed E-state index contributed by atoms with van der Waals surface area (Å²) in [5, 5.41) is 3.42. The lowest BCUT2D eigenvalue weighted by molar-refractivity contribution is 0.410. The molecule has 0 spiro atoms. The first-order chi connectivity index (χ1) is 9.63. The molecule has 0 aliphatic carbocycles. The minimum absolute atomic E-state index is 0.733. The molecule has 0 aliphatic rings. The maximum atomic E-state index is 5.39. The molecule has 2 aromatic rings. The second-order valence-electron chi connectivity index (χ2n) is 4.85. The Balaban J connectivity index is 2.12. The summed E-state index contributed by atoms with van der Waals surface area (Å²) in [6, 6.07) is 12.3. The van der Waals surface area contributed by atoms with Gasteiger partial charge < -0.3 is 14.8 Å². The van der Waals surface area contributed by atoms with Crippen molar-refractivity contribution in [2.45, 2.75) is 20.4 Å². The van der Waals surface area contributed by atoms with E-state index in [-0.39, 0.29) is 0 Å². The Kier molecular flexibility index (Phi) is 4.51. The van der Waals surface area contributed by atoms with E-state index in [0.717, 1.165) is 34.9 Å². The molecule has 0 atom stereocenters. The number of benzene rings is 2. The van der Waals surface area contributed by atoms with Gasteiger partial charge in [-0.05, 0) is 43.7 Å². The van der Waals surface area contributed by atoms with E-state index in [0.29, 0.717) is 0 Å². The Morgan fingerprint density at radius 1 is 0.900 bits per heavy atom. The predicted octanol–water partition coefficient (Wildman–Crippen LogP) is 3.93. The first-order valence-electron chi connectivity index (χ1n) is 6.66. The molecule has 3 heteroatoms. The van der Waals surface area contributed by atoms with Crippen molar-refractivity contribution in [3.63, 3.8) is 0 Å². The lowest BCUT2D eigenvalue weighted by Gasteiger charge is -2.13. The van der Waals surface area contributed by atoms with Crippen LogP contribution in [0.4, 0.5) is 5.69 Å². The molecule has 0 saturated carbocycles. The fourth-order valence-electron chi connectivity index (χ4n) is 2.23. The van der Waals surface area contributed by atoms with Crippen LogP contribution in [0.15, 0.2) is 36.4 Å². The Labute approximate surface area is 120 Å². The minimum Gasteiger partial charge on any atom is -0.496 e. The van der Waals surface area contributed by atoms with Crippen molar-refractivity contribution < 1.29 is 9.47 Å². The summed E-state index contributed by atoms with van der Waals surface area (Å²) in [5.74, 6) is 1.82. The average Bonchev–Trinajstić information content (AvgIpc) is 2.45. The molecule has 0 amide bonds. The van der Waals surface area contributed by atoms with Crippen LogP contribution in [0.1, 0.15) is 16.7 Å². The van der Waals surface area contributed by atoms with Crippen LogP contribution in [-0.2, 0) is 6.54 Å². The number of anilines is 1. The highest BCUT2D eigenvalue weighted by molar-refractivity contribution is 5.51. The monoisotopic (exact) mass is 271 g/mol. The van der Waals surface area contributed by atoms with E-state index in [1.807, 2.05) is 25.1 Å².